The van der Waals surface area contributed by atoms with Gasteiger partial charge in [-0.2, -0.15) is 8.78 Å². The van der Waals surface area contributed by atoms with Gasteiger partial charge in [0.25, 0.3) is 0 Å². The molecule has 0 saturated heterocycles. The zero-order chi connectivity index (χ0) is 15.0. The summed E-state index contributed by atoms with van der Waals surface area (Å²) in [6.45, 7) is 0.0931. The monoisotopic (exact) mass is 286 g/mol. The van der Waals surface area contributed by atoms with E-state index in [2.05, 4.69) is 10.1 Å². The summed E-state index contributed by atoms with van der Waals surface area (Å²) in [6, 6.07) is 6.37. The third-order valence-corrected chi connectivity index (χ3v) is 2.82. The zero-order valence-corrected chi connectivity index (χ0v) is 11.4. The van der Waals surface area contributed by atoms with Crippen molar-refractivity contribution in [2.24, 2.45) is 11.7 Å². The number of carbonyl (C=O) groups is 1. The number of benzene rings is 1. The van der Waals surface area contributed by atoms with Crippen molar-refractivity contribution >= 4 is 5.91 Å². The molecule has 0 bridgehead atoms. The lowest BCUT2D eigenvalue weighted by molar-refractivity contribution is -0.121. The summed E-state index contributed by atoms with van der Waals surface area (Å²) in [7, 11) is 0. The number of hydrogen-bond acceptors (Lipinski definition) is 3. The summed E-state index contributed by atoms with van der Waals surface area (Å²) >= 11 is 0. The second-order valence-electron chi connectivity index (χ2n) is 4.67. The Morgan fingerprint density at radius 3 is 2.55 bits per heavy atom. The van der Waals surface area contributed by atoms with Crippen molar-refractivity contribution in [3.63, 3.8) is 0 Å². The molecule has 4 nitrogen and oxygen atoms in total. The second kappa shape index (κ2) is 8.47. The van der Waals surface area contributed by atoms with Crippen molar-refractivity contribution in [2.45, 2.75) is 26.4 Å². The summed E-state index contributed by atoms with van der Waals surface area (Å²) in [5.74, 6) is 0.269. The SMILES string of the molecule is CC(CN)CC(=O)NCCc1ccc(OC(F)F)cc1. The van der Waals surface area contributed by atoms with Crippen LogP contribution < -0.4 is 15.8 Å². The van der Waals surface area contributed by atoms with Crippen molar-refractivity contribution < 1.29 is 18.3 Å². The van der Waals surface area contributed by atoms with Crippen LogP contribution >= 0.6 is 0 Å². The van der Waals surface area contributed by atoms with Crippen LogP contribution in [0.2, 0.25) is 0 Å². The fourth-order valence-electron chi connectivity index (χ4n) is 1.66. The molecule has 20 heavy (non-hydrogen) atoms. The Morgan fingerprint density at radius 1 is 1.35 bits per heavy atom. The Kier molecular flexibility index (Phi) is 6.93. The maximum Gasteiger partial charge on any atom is 0.387 e. The van der Waals surface area contributed by atoms with Crippen LogP contribution in [0.5, 0.6) is 5.75 Å². The van der Waals surface area contributed by atoms with Crippen molar-refractivity contribution in [1.29, 1.82) is 0 Å². The van der Waals surface area contributed by atoms with Gasteiger partial charge in [0.15, 0.2) is 0 Å². The fraction of sp³-hybridized carbons (Fsp3) is 0.500. The Bertz CT molecular complexity index is 410. The van der Waals surface area contributed by atoms with Gasteiger partial charge in [0.2, 0.25) is 5.91 Å². The molecule has 0 spiro atoms. The number of nitrogens with one attached hydrogen (secondary N) is 1. The van der Waals surface area contributed by atoms with Gasteiger partial charge in [-0.1, -0.05) is 19.1 Å². The van der Waals surface area contributed by atoms with Gasteiger partial charge in [-0.25, -0.2) is 0 Å². The number of carbonyl (C=O) groups excluding carboxylic acids is 1. The molecule has 0 aliphatic heterocycles. The quantitative estimate of drug-likeness (QED) is 0.767. The van der Waals surface area contributed by atoms with E-state index in [0.29, 0.717) is 25.9 Å². The highest BCUT2D eigenvalue weighted by Crippen LogP contribution is 2.14. The third kappa shape index (κ3) is 6.47. The standard InChI is InChI=1S/C14H20F2N2O2/c1-10(9-17)8-13(19)18-7-6-11-2-4-12(5-3-11)20-14(15)16/h2-5,10,14H,6-9,17H2,1H3,(H,18,19). The third-order valence-electron chi connectivity index (χ3n) is 2.82. The van der Waals surface area contributed by atoms with Gasteiger partial charge in [-0.3, -0.25) is 4.79 Å². The van der Waals surface area contributed by atoms with Crippen LogP contribution in [0.25, 0.3) is 0 Å². The molecular formula is C14H20F2N2O2. The highest BCUT2D eigenvalue weighted by Gasteiger charge is 2.07. The van der Waals surface area contributed by atoms with Crippen LogP contribution in [-0.4, -0.2) is 25.6 Å². The molecule has 0 radical (unpaired) electrons. The van der Waals surface area contributed by atoms with Crippen LogP contribution in [0.4, 0.5) is 8.78 Å². The highest BCUT2D eigenvalue weighted by atomic mass is 19.3. The van der Waals surface area contributed by atoms with E-state index in [-0.39, 0.29) is 17.6 Å². The molecule has 0 heterocycles. The van der Waals surface area contributed by atoms with Crippen LogP contribution in [0.1, 0.15) is 18.9 Å². The van der Waals surface area contributed by atoms with Gasteiger partial charge in [0.1, 0.15) is 5.75 Å². The summed E-state index contributed by atoms with van der Waals surface area (Å²) in [5.41, 5.74) is 6.39. The molecular weight excluding hydrogens is 266 g/mol. The topological polar surface area (TPSA) is 64.4 Å². The van der Waals surface area contributed by atoms with Crippen molar-refractivity contribution in [2.75, 3.05) is 13.1 Å². The Balaban J connectivity index is 2.30. The molecule has 1 atom stereocenters. The molecule has 1 aromatic carbocycles. The van der Waals surface area contributed by atoms with Crippen LogP contribution in [0.15, 0.2) is 24.3 Å². The number of hydrogen-bond donors (Lipinski definition) is 2. The number of ether oxygens (including phenoxy) is 1. The Labute approximate surface area is 117 Å². The van der Waals surface area contributed by atoms with E-state index in [4.69, 9.17) is 5.73 Å². The van der Waals surface area contributed by atoms with Crippen molar-refractivity contribution in [3.05, 3.63) is 29.8 Å². The van der Waals surface area contributed by atoms with Gasteiger partial charge in [-0.15, -0.1) is 0 Å². The first kappa shape index (κ1) is 16.4. The molecule has 1 amide bonds. The summed E-state index contributed by atoms with van der Waals surface area (Å²) in [5, 5.41) is 2.80. The number of nitrogens with two attached hydrogens (primary N) is 1. The number of halogens is 2. The molecule has 1 rings (SSSR count). The maximum atomic E-state index is 12.0. The fourth-order valence-corrected chi connectivity index (χ4v) is 1.66. The maximum absolute atomic E-state index is 12.0. The average Bonchev–Trinajstić information content (AvgIpc) is 2.40. The first-order valence-electron chi connectivity index (χ1n) is 6.51. The van der Waals surface area contributed by atoms with Crippen molar-refractivity contribution in [1.82, 2.24) is 5.32 Å². The highest BCUT2D eigenvalue weighted by molar-refractivity contribution is 5.76. The molecule has 0 fully saturated rings. The van der Waals surface area contributed by atoms with E-state index in [9.17, 15) is 13.6 Å². The molecule has 0 saturated carbocycles. The summed E-state index contributed by atoms with van der Waals surface area (Å²) in [6.07, 6.45) is 1.05. The average molecular weight is 286 g/mol. The zero-order valence-electron chi connectivity index (χ0n) is 11.4. The minimum Gasteiger partial charge on any atom is -0.435 e. The van der Waals surface area contributed by atoms with E-state index in [0.717, 1.165) is 5.56 Å². The first-order valence-corrected chi connectivity index (χ1v) is 6.51. The van der Waals surface area contributed by atoms with E-state index in [1.165, 1.54) is 12.1 Å². The van der Waals surface area contributed by atoms with Gasteiger partial charge in [0, 0.05) is 13.0 Å². The van der Waals surface area contributed by atoms with E-state index < -0.39 is 6.61 Å². The lowest BCUT2D eigenvalue weighted by Crippen LogP contribution is -2.28. The smallest absolute Gasteiger partial charge is 0.387 e. The van der Waals surface area contributed by atoms with Gasteiger partial charge in [-0.05, 0) is 36.6 Å². The van der Waals surface area contributed by atoms with Crippen LogP contribution in [0, 0.1) is 5.92 Å². The van der Waals surface area contributed by atoms with E-state index in [1.807, 2.05) is 6.92 Å². The second-order valence-corrected chi connectivity index (χ2v) is 4.67. The Morgan fingerprint density at radius 2 is 2.00 bits per heavy atom. The van der Waals surface area contributed by atoms with E-state index >= 15 is 0 Å². The normalized spacial score (nSPS) is 12.2. The number of alkyl halides is 2. The predicted molar refractivity (Wildman–Crippen MR) is 72.6 cm³/mol. The molecule has 3 N–H and O–H groups in total. The summed E-state index contributed by atoms with van der Waals surface area (Å²) < 4.78 is 28.2. The molecule has 112 valence electrons. The molecule has 0 aliphatic rings. The van der Waals surface area contributed by atoms with Crippen LogP contribution in [0.3, 0.4) is 0 Å². The number of amides is 1. The Hall–Kier alpha value is -1.69. The summed E-state index contributed by atoms with van der Waals surface area (Å²) in [4.78, 5) is 11.5. The molecule has 6 heteroatoms. The van der Waals surface area contributed by atoms with Crippen molar-refractivity contribution in [3.8, 4) is 5.75 Å². The van der Waals surface area contributed by atoms with Gasteiger partial charge >= 0.3 is 6.61 Å². The molecule has 1 aromatic rings. The van der Waals surface area contributed by atoms with E-state index in [1.54, 1.807) is 12.1 Å². The lowest BCUT2D eigenvalue weighted by atomic mass is 10.1. The molecule has 0 aliphatic carbocycles. The van der Waals surface area contributed by atoms with Gasteiger partial charge < -0.3 is 15.8 Å². The predicted octanol–water partition coefficient (Wildman–Crippen LogP) is 1.93. The number of rotatable bonds is 8. The molecule has 0 aromatic heterocycles. The van der Waals surface area contributed by atoms with Crippen LogP contribution in [-0.2, 0) is 11.2 Å². The first-order chi connectivity index (χ1) is 9.51. The largest absolute Gasteiger partial charge is 0.435 e. The molecule has 1 unspecified atom stereocenters. The lowest BCUT2D eigenvalue weighted by Gasteiger charge is -2.09. The van der Waals surface area contributed by atoms with Gasteiger partial charge in [0.05, 0.1) is 0 Å². The minimum atomic E-state index is -2.82. The minimum absolute atomic E-state index is 0.0272.